The van der Waals surface area contributed by atoms with Gasteiger partial charge in [-0.15, -0.1) is 0 Å². The van der Waals surface area contributed by atoms with Crippen molar-refractivity contribution in [3.05, 3.63) is 47.9 Å². The van der Waals surface area contributed by atoms with Crippen molar-refractivity contribution >= 4 is 11.7 Å². The highest BCUT2D eigenvalue weighted by molar-refractivity contribution is 5.91. The van der Waals surface area contributed by atoms with E-state index in [-0.39, 0.29) is 5.91 Å². The predicted molar refractivity (Wildman–Crippen MR) is 99.1 cm³/mol. The molecule has 0 spiro atoms. The number of aromatic nitrogens is 2. The molecule has 0 saturated heterocycles. The Labute approximate surface area is 149 Å². The van der Waals surface area contributed by atoms with E-state index in [9.17, 15) is 4.79 Å². The lowest BCUT2D eigenvalue weighted by Gasteiger charge is -2.07. The normalized spacial score (nSPS) is 10.3. The Kier molecular flexibility index (Phi) is 7.69. The molecule has 0 saturated carbocycles. The first-order chi connectivity index (χ1) is 12.2. The summed E-state index contributed by atoms with van der Waals surface area (Å²) in [6.07, 6.45) is 7.31. The zero-order valence-electron chi connectivity index (χ0n) is 14.9. The Morgan fingerprint density at radius 3 is 2.76 bits per heavy atom. The molecular formula is C19H26N4O2. The van der Waals surface area contributed by atoms with Gasteiger partial charge in [-0.1, -0.05) is 31.9 Å². The molecule has 0 bridgehead atoms. The second-order valence-electron chi connectivity index (χ2n) is 5.78. The number of amides is 1. The van der Waals surface area contributed by atoms with Crippen LogP contribution in [0.3, 0.4) is 0 Å². The molecule has 0 aliphatic heterocycles. The summed E-state index contributed by atoms with van der Waals surface area (Å²) in [5, 5.41) is 6.07. The van der Waals surface area contributed by atoms with Crippen LogP contribution in [0.25, 0.3) is 0 Å². The molecular weight excluding hydrogens is 316 g/mol. The van der Waals surface area contributed by atoms with E-state index >= 15 is 0 Å². The average Bonchev–Trinajstić information content (AvgIpc) is 2.66. The van der Waals surface area contributed by atoms with E-state index < -0.39 is 0 Å². The smallest absolute Gasteiger partial charge is 0.271 e. The van der Waals surface area contributed by atoms with Crippen LogP contribution in [-0.2, 0) is 6.42 Å². The fraction of sp³-hybridized carbons (Fsp3) is 0.421. The number of unbranched alkanes of at least 4 members (excludes halogenated alkanes) is 2. The van der Waals surface area contributed by atoms with Crippen LogP contribution >= 0.6 is 0 Å². The summed E-state index contributed by atoms with van der Waals surface area (Å²) in [6.45, 7) is 3.57. The third-order valence-corrected chi connectivity index (χ3v) is 3.80. The van der Waals surface area contributed by atoms with Crippen LogP contribution in [0.1, 0.15) is 42.2 Å². The van der Waals surface area contributed by atoms with Gasteiger partial charge in [0.1, 0.15) is 17.3 Å². The summed E-state index contributed by atoms with van der Waals surface area (Å²) in [7, 11) is 1.64. The number of hydrogen-bond acceptors (Lipinski definition) is 5. The van der Waals surface area contributed by atoms with E-state index in [1.807, 2.05) is 24.3 Å². The van der Waals surface area contributed by atoms with Crippen LogP contribution < -0.4 is 15.4 Å². The molecule has 0 atom stereocenters. The first-order valence-corrected chi connectivity index (χ1v) is 8.70. The van der Waals surface area contributed by atoms with Crippen LogP contribution in [-0.4, -0.2) is 36.1 Å². The highest BCUT2D eigenvalue weighted by Crippen LogP contribution is 2.12. The number of nitrogens with one attached hydrogen (secondary N) is 2. The van der Waals surface area contributed by atoms with Crippen LogP contribution in [0.2, 0.25) is 0 Å². The highest BCUT2D eigenvalue weighted by Gasteiger charge is 2.07. The molecule has 2 N–H and O–H groups in total. The lowest BCUT2D eigenvalue weighted by atomic mass is 10.1. The van der Waals surface area contributed by atoms with Crippen molar-refractivity contribution in [3.8, 4) is 5.75 Å². The Morgan fingerprint density at radius 1 is 1.16 bits per heavy atom. The Morgan fingerprint density at radius 2 is 2.04 bits per heavy atom. The predicted octanol–water partition coefficient (Wildman–Crippen LogP) is 3.06. The molecule has 6 nitrogen and oxygen atoms in total. The van der Waals surface area contributed by atoms with E-state index in [0.717, 1.165) is 30.7 Å². The van der Waals surface area contributed by atoms with Crippen molar-refractivity contribution in [1.29, 1.82) is 0 Å². The second-order valence-corrected chi connectivity index (χ2v) is 5.78. The number of carbonyl (C=O) groups is 1. The van der Waals surface area contributed by atoms with Gasteiger partial charge in [0.15, 0.2) is 0 Å². The molecule has 1 amide bonds. The lowest BCUT2D eigenvalue weighted by Crippen LogP contribution is -2.26. The number of methoxy groups -OCH3 is 1. The van der Waals surface area contributed by atoms with Gasteiger partial charge in [0, 0.05) is 13.1 Å². The number of hydrogen-bond donors (Lipinski definition) is 2. The molecule has 0 aliphatic carbocycles. The molecule has 1 aromatic carbocycles. The molecule has 1 aromatic heterocycles. The van der Waals surface area contributed by atoms with E-state index in [0.29, 0.717) is 18.1 Å². The van der Waals surface area contributed by atoms with Crippen LogP contribution in [0.4, 0.5) is 5.82 Å². The molecule has 0 radical (unpaired) electrons. The summed E-state index contributed by atoms with van der Waals surface area (Å²) in [5.41, 5.74) is 1.43. The molecule has 0 aliphatic rings. The van der Waals surface area contributed by atoms with Crippen LogP contribution in [0.15, 0.2) is 36.7 Å². The number of rotatable bonds is 10. The van der Waals surface area contributed by atoms with E-state index in [1.165, 1.54) is 19.0 Å². The van der Waals surface area contributed by atoms with Gasteiger partial charge in [-0.25, -0.2) is 9.97 Å². The number of nitrogens with zero attached hydrogens (tertiary/aromatic N) is 2. The fourth-order valence-electron chi connectivity index (χ4n) is 2.37. The van der Waals surface area contributed by atoms with Gasteiger partial charge in [-0.3, -0.25) is 4.79 Å². The third-order valence-electron chi connectivity index (χ3n) is 3.80. The van der Waals surface area contributed by atoms with Gasteiger partial charge in [0.2, 0.25) is 0 Å². The Hall–Kier alpha value is -2.63. The molecule has 2 rings (SSSR count). The molecule has 2 aromatic rings. The molecule has 0 unspecified atom stereocenters. The summed E-state index contributed by atoms with van der Waals surface area (Å²) < 4.78 is 5.19. The molecule has 134 valence electrons. The highest BCUT2D eigenvalue weighted by atomic mass is 16.5. The minimum Gasteiger partial charge on any atom is -0.497 e. The minimum absolute atomic E-state index is 0.215. The van der Waals surface area contributed by atoms with Crippen LogP contribution in [0, 0.1) is 0 Å². The Bertz CT molecular complexity index is 659. The zero-order chi connectivity index (χ0) is 17.9. The number of ether oxygens (including phenoxy) is 1. The van der Waals surface area contributed by atoms with Crippen molar-refractivity contribution in [1.82, 2.24) is 15.3 Å². The minimum atomic E-state index is -0.215. The van der Waals surface area contributed by atoms with Gasteiger partial charge in [0.25, 0.3) is 5.91 Å². The molecule has 25 heavy (non-hydrogen) atoms. The van der Waals surface area contributed by atoms with Crippen molar-refractivity contribution < 1.29 is 9.53 Å². The van der Waals surface area contributed by atoms with Crippen molar-refractivity contribution in [2.75, 3.05) is 25.5 Å². The molecule has 0 fully saturated rings. The van der Waals surface area contributed by atoms with E-state index in [4.69, 9.17) is 4.74 Å². The molecule has 1 heterocycles. The maximum Gasteiger partial charge on any atom is 0.271 e. The van der Waals surface area contributed by atoms with Crippen molar-refractivity contribution in [2.24, 2.45) is 0 Å². The topological polar surface area (TPSA) is 76.1 Å². The van der Waals surface area contributed by atoms with E-state index in [2.05, 4.69) is 27.5 Å². The average molecular weight is 342 g/mol. The SMILES string of the molecule is CCCCCNc1cnc(C(=O)NCCc2cccc(OC)c2)cn1. The summed E-state index contributed by atoms with van der Waals surface area (Å²) in [4.78, 5) is 20.5. The largest absolute Gasteiger partial charge is 0.497 e. The maximum atomic E-state index is 12.1. The van der Waals surface area contributed by atoms with Gasteiger partial charge >= 0.3 is 0 Å². The van der Waals surface area contributed by atoms with E-state index in [1.54, 1.807) is 13.3 Å². The summed E-state index contributed by atoms with van der Waals surface area (Å²) in [5.74, 6) is 1.30. The quantitative estimate of drug-likeness (QED) is 0.649. The Balaban J connectivity index is 1.76. The fourth-order valence-corrected chi connectivity index (χ4v) is 2.37. The second kappa shape index (κ2) is 10.3. The van der Waals surface area contributed by atoms with Crippen molar-refractivity contribution in [2.45, 2.75) is 32.6 Å². The van der Waals surface area contributed by atoms with Gasteiger partial charge in [0.05, 0.1) is 19.5 Å². The zero-order valence-corrected chi connectivity index (χ0v) is 14.9. The molecule has 6 heteroatoms. The number of benzene rings is 1. The number of carbonyl (C=O) groups excluding carboxylic acids is 1. The number of anilines is 1. The first-order valence-electron chi connectivity index (χ1n) is 8.70. The van der Waals surface area contributed by atoms with Gasteiger partial charge in [-0.05, 0) is 30.5 Å². The monoisotopic (exact) mass is 342 g/mol. The van der Waals surface area contributed by atoms with Gasteiger partial charge in [-0.2, -0.15) is 0 Å². The van der Waals surface area contributed by atoms with Gasteiger partial charge < -0.3 is 15.4 Å². The summed E-state index contributed by atoms with van der Waals surface area (Å²) >= 11 is 0. The summed E-state index contributed by atoms with van der Waals surface area (Å²) in [6, 6.07) is 7.81. The maximum absolute atomic E-state index is 12.1. The lowest BCUT2D eigenvalue weighted by molar-refractivity contribution is 0.0949. The van der Waals surface area contributed by atoms with Crippen molar-refractivity contribution in [3.63, 3.8) is 0 Å². The van der Waals surface area contributed by atoms with Crippen LogP contribution in [0.5, 0.6) is 5.75 Å². The first kappa shape index (κ1) is 18.7. The standard InChI is InChI=1S/C19H26N4O2/c1-3-4-5-10-20-18-14-22-17(13-23-18)19(24)21-11-9-15-7-6-8-16(12-15)25-2/h6-8,12-14H,3-5,9-11H2,1-2H3,(H,20,23)(H,21,24). The third kappa shape index (κ3) is 6.41.